The van der Waals surface area contributed by atoms with Crippen molar-refractivity contribution in [3.05, 3.63) is 57.6 Å². The lowest BCUT2D eigenvalue weighted by molar-refractivity contribution is -0.384. The molecule has 0 saturated heterocycles. The molecule has 1 fully saturated rings. The van der Waals surface area contributed by atoms with Gasteiger partial charge >= 0.3 is 0 Å². The number of nitrogens with one attached hydrogen (secondary N) is 2. The first-order valence-electron chi connectivity index (χ1n) is 10.7. The number of anilines is 1. The molecule has 0 bridgehead atoms. The second-order valence-electron chi connectivity index (χ2n) is 7.74. The van der Waals surface area contributed by atoms with E-state index in [1.54, 1.807) is 25.3 Å². The molecule has 2 aromatic carbocycles. The molecule has 3 N–H and O–H groups in total. The van der Waals surface area contributed by atoms with Gasteiger partial charge in [0.15, 0.2) is 11.5 Å². The van der Waals surface area contributed by atoms with Gasteiger partial charge in [0.05, 0.1) is 30.3 Å². The molecule has 9 heteroatoms. The molecule has 0 unspecified atom stereocenters. The maximum Gasteiger partial charge on any atom is 0.270 e. The number of carbonyl (C=O) groups is 1. The number of rotatable bonds is 9. The van der Waals surface area contributed by atoms with E-state index in [1.807, 2.05) is 13.0 Å². The van der Waals surface area contributed by atoms with Gasteiger partial charge in [0.2, 0.25) is 0 Å². The Balaban J connectivity index is 1.76. The topological polar surface area (TPSA) is 123 Å². The van der Waals surface area contributed by atoms with E-state index in [-0.39, 0.29) is 29.9 Å². The number of aliphatic hydroxyl groups excluding tert-OH is 1. The van der Waals surface area contributed by atoms with Crippen molar-refractivity contribution in [3.8, 4) is 11.5 Å². The average molecular weight is 444 g/mol. The SMILES string of the molecule is CCOc1cc(CNC(=O)c2cc([N+](=O)[O-])ccc2NC2CCC(O)CC2)ccc1OC. The third-order valence-electron chi connectivity index (χ3n) is 5.50. The van der Waals surface area contributed by atoms with E-state index in [2.05, 4.69) is 10.6 Å². The van der Waals surface area contributed by atoms with Gasteiger partial charge in [-0.25, -0.2) is 0 Å². The summed E-state index contributed by atoms with van der Waals surface area (Å²) in [4.78, 5) is 23.7. The van der Waals surface area contributed by atoms with Gasteiger partial charge in [0.25, 0.3) is 11.6 Å². The number of ether oxygens (including phenoxy) is 2. The second-order valence-corrected chi connectivity index (χ2v) is 7.74. The molecular formula is C23H29N3O6. The van der Waals surface area contributed by atoms with E-state index in [0.717, 1.165) is 18.4 Å². The fourth-order valence-corrected chi connectivity index (χ4v) is 3.78. The Morgan fingerprint density at radius 2 is 1.91 bits per heavy atom. The summed E-state index contributed by atoms with van der Waals surface area (Å²) in [5, 5.41) is 27.1. The maximum absolute atomic E-state index is 13.0. The van der Waals surface area contributed by atoms with Crippen LogP contribution in [0.4, 0.5) is 11.4 Å². The third-order valence-corrected chi connectivity index (χ3v) is 5.50. The van der Waals surface area contributed by atoms with Crippen molar-refractivity contribution in [3.63, 3.8) is 0 Å². The molecule has 2 aromatic rings. The average Bonchev–Trinajstić information content (AvgIpc) is 2.79. The van der Waals surface area contributed by atoms with E-state index in [9.17, 15) is 20.0 Å². The summed E-state index contributed by atoms with van der Waals surface area (Å²) in [6, 6.07) is 9.72. The van der Waals surface area contributed by atoms with Crippen molar-refractivity contribution >= 4 is 17.3 Å². The van der Waals surface area contributed by atoms with Crippen LogP contribution in [0.3, 0.4) is 0 Å². The van der Waals surface area contributed by atoms with E-state index < -0.39 is 10.8 Å². The fraction of sp³-hybridized carbons (Fsp3) is 0.435. The van der Waals surface area contributed by atoms with Gasteiger partial charge in [-0.1, -0.05) is 6.07 Å². The smallest absolute Gasteiger partial charge is 0.270 e. The standard InChI is InChI=1S/C23H29N3O6/c1-3-32-22-12-15(4-11-21(22)31-2)14-24-23(28)19-13-17(26(29)30)7-10-20(19)25-16-5-8-18(27)9-6-16/h4,7,10-13,16,18,25,27H,3,5-6,8-9,14H2,1-2H3,(H,24,28). The summed E-state index contributed by atoms with van der Waals surface area (Å²) in [5.74, 6) is 0.768. The van der Waals surface area contributed by atoms with E-state index in [0.29, 0.717) is 36.6 Å². The van der Waals surface area contributed by atoms with Crippen LogP contribution >= 0.6 is 0 Å². The molecule has 1 aliphatic carbocycles. The second kappa shape index (κ2) is 10.8. The van der Waals surface area contributed by atoms with E-state index in [1.165, 1.54) is 12.1 Å². The summed E-state index contributed by atoms with van der Waals surface area (Å²) in [6.07, 6.45) is 2.62. The Morgan fingerprint density at radius 3 is 2.56 bits per heavy atom. The number of amides is 1. The molecule has 0 aliphatic heterocycles. The van der Waals surface area contributed by atoms with Crippen molar-refractivity contribution in [1.29, 1.82) is 0 Å². The number of hydrogen-bond donors (Lipinski definition) is 3. The van der Waals surface area contributed by atoms with Crippen LogP contribution in [-0.4, -0.2) is 41.8 Å². The number of nitro benzene ring substituents is 1. The Kier molecular flexibility index (Phi) is 7.88. The molecule has 0 aromatic heterocycles. The minimum Gasteiger partial charge on any atom is -0.493 e. The molecule has 0 radical (unpaired) electrons. The molecule has 1 aliphatic rings. The zero-order valence-electron chi connectivity index (χ0n) is 18.3. The maximum atomic E-state index is 13.0. The fourth-order valence-electron chi connectivity index (χ4n) is 3.78. The van der Waals surface area contributed by atoms with Gasteiger partial charge in [0, 0.05) is 30.4 Å². The molecule has 3 rings (SSSR count). The number of aliphatic hydroxyl groups is 1. The predicted octanol–water partition coefficient (Wildman–Crippen LogP) is 3.65. The first kappa shape index (κ1) is 23.3. The number of non-ortho nitro benzene ring substituents is 1. The molecule has 0 atom stereocenters. The van der Waals surface area contributed by atoms with Gasteiger partial charge in [-0.05, 0) is 56.4 Å². The number of carbonyl (C=O) groups excluding carboxylic acids is 1. The Bertz CT molecular complexity index is 957. The Labute approximate surface area is 186 Å². The third kappa shape index (κ3) is 5.88. The molecule has 1 amide bonds. The zero-order chi connectivity index (χ0) is 23.1. The van der Waals surface area contributed by atoms with Crippen molar-refractivity contribution in [1.82, 2.24) is 5.32 Å². The summed E-state index contributed by atoms with van der Waals surface area (Å²) in [7, 11) is 1.56. The van der Waals surface area contributed by atoms with Crippen LogP contribution in [0.5, 0.6) is 11.5 Å². The van der Waals surface area contributed by atoms with Crippen LogP contribution in [0.1, 0.15) is 48.5 Å². The molecule has 0 heterocycles. The highest BCUT2D eigenvalue weighted by molar-refractivity contribution is 6.00. The van der Waals surface area contributed by atoms with Crippen molar-refractivity contribution in [2.75, 3.05) is 19.0 Å². The lowest BCUT2D eigenvalue weighted by atomic mass is 9.92. The van der Waals surface area contributed by atoms with Crippen LogP contribution in [0.15, 0.2) is 36.4 Å². The number of nitro groups is 1. The normalized spacial score (nSPS) is 18.0. The Morgan fingerprint density at radius 1 is 1.16 bits per heavy atom. The number of nitrogens with zero attached hydrogens (tertiary/aromatic N) is 1. The quantitative estimate of drug-likeness (QED) is 0.399. The van der Waals surface area contributed by atoms with Crippen LogP contribution < -0.4 is 20.1 Å². The molecule has 172 valence electrons. The number of benzene rings is 2. The van der Waals surface area contributed by atoms with Crippen LogP contribution in [0, 0.1) is 10.1 Å². The molecule has 9 nitrogen and oxygen atoms in total. The zero-order valence-corrected chi connectivity index (χ0v) is 18.3. The van der Waals surface area contributed by atoms with Crippen LogP contribution in [0.2, 0.25) is 0 Å². The summed E-state index contributed by atoms with van der Waals surface area (Å²) in [6.45, 7) is 2.57. The van der Waals surface area contributed by atoms with Crippen molar-refractivity contribution in [2.45, 2.75) is 51.3 Å². The highest BCUT2D eigenvalue weighted by Crippen LogP contribution is 2.29. The van der Waals surface area contributed by atoms with Crippen LogP contribution in [0.25, 0.3) is 0 Å². The lowest BCUT2D eigenvalue weighted by Gasteiger charge is -2.27. The van der Waals surface area contributed by atoms with Crippen molar-refractivity contribution < 1.29 is 24.3 Å². The number of hydrogen-bond acceptors (Lipinski definition) is 7. The number of methoxy groups -OCH3 is 1. The van der Waals surface area contributed by atoms with Crippen molar-refractivity contribution in [2.24, 2.45) is 0 Å². The highest BCUT2D eigenvalue weighted by Gasteiger charge is 2.23. The summed E-state index contributed by atoms with van der Waals surface area (Å²) < 4.78 is 10.9. The van der Waals surface area contributed by atoms with Gasteiger partial charge in [-0.2, -0.15) is 0 Å². The van der Waals surface area contributed by atoms with E-state index >= 15 is 0 Å². The highest BCUT2D eigenvalue weighted by atomic mass is 16.6. The monoisotopic (exact) mass is 443 g/mol. The lowest BCUT2D eigenvalue weighted by Crippen LogP contribution is -2.30. The van der Waals surface area contributed by atoms with Gasteiger partial charge in [0.1, 0.15) is 0 Å². The Hall–Kier alpha value is -3.33. The molecule has 0 spiro atoms. The first-order chi connectivity index (χ1) is 15.4. The first-order valence-corrected chi connectivity index (χ1v) is 10.7. The van der Waals surface area contributed by atoms with Gasteiger partial charge in [-0.15, -0.1) is 0 Å². The molecule has 1 saturated carbocycles. The summed E-state index contributed by atoms with van der Waals surface area (Å²) in [5.41, 5.74) is 1.41. The van der Waals surface area contributed by atoms with E-state index in [4.69, 9.17) is 9.47 Å². The van der Waals surface area contributed by atoms with Gasteiger partial charge < -0.3 is 25.2 Å². The van der Waals surface area contributed by atoms with Crippen LogP contribution in [-0.2, 0) is 6.54 Å². The minimum atomic E-state index is -0.518. The summed E-state index contributed by atoms with van der Waals surface area (Å²) >= 11 is 0. The predicted molar refractivity (Wildman–Crippen MR) is 120 cm³/mol. The minimum absolute atomic E-state index is 0.0988. The van der Waals surface area contributed by atoms with Gasteiger partial charge in [-0.3, -0.25) is 14.9 Å². The largest absolute Gasteiger partial charge is 0.493 e. The molecular weight excluding hydrogens is 414 g/mol. The molecule has 32 heavy (non-hydrogen) atoms.